The van der Waals surface area contributed by atoms with Crippen LogP contribution in [0.3, 0.4) is 0 Å². The van der Waals surface area contributed by atoms with Crippen molar-refractivity contribution in [1.82, 2.24) is 5.32 Å². The number of anilines is 1. The molecule has 0 bridgehead atoms. The van der Waals surface area contributed by atoms with Gasteiger partial charge in [0.05, 0.1) is 11.6 Å². The first-order valence-corrected chi connectivity index (χ1v) is 6.52. The van der Waals surface area contributed by atoms with Gasteiger partial charge in [-0.15, -0.1) is 6.58 Å². The summed E-state index contributed by atoms with van der Waals surface area (Å²) < 4.78 is 5.75. The number of benzene rings is 1. The highest BCUT2D eigenvalue weighted by molar-refractivity contribution is 9.10. The van der Waals surface area contributed by atoms with E-state index < -0.39 is 18.0 Å². The Morgan fingerprint density at radius 3 is 2.75 bits per heavy atom. The van der Waals surface area contributed by atoms with Gasteiger partial charge in [-0.3, -0.25) is 0 Å². The molecular weight excluding hydrogens is 328 g/mol. The number of carboxylic acid groups (broad SMARTS) is 1. The molecule has 1 atom stereocenters. The molecule has 1 rings (SSSR count). The summed E-state index contributed by atoms with van der Waals surface area (Å²) in [6.45, 7) is 3.45. The average molecular weight is 343 g/mol. The minimum Gasteiger partial charge on any atom is -0.496 e. The van der Waals surface area contributed by atoms with E-state index >= 15 is 0 Å². The molecule has 3 N–H and O–H groups in total. The van der Waals surface area contributed by atoms with Crippen LogP contribution in [0.2, 0.25) is 0 Å². The predicted octanol–water partition coefficient (Wildman–Crippen LogP) is 2.61. The molecule has 0 saturated carbocycles. The molecule has 108 valence electrons. The van der Waals surface area contributed by atoms with Gasteiger partial charge in [-0.2, -0.15) is 0 Å². The Kier molecular flexibility index (Phi) is 6.05. The lowest BCUT2D eigenvalue weighted by molar-refractivity contribution is -0.139. The fourth-order valence-electron chi connectivity index (χ4n) is 1.46. The molecule has 20 heavy (non-hydrogen) atoms. The van der Waals surface area contributed by atoms with Gasteiger partial charge < -0.3 is 20.5 Å². The molecule has 0 saturated heterocycles. The number of carboxylic acids is 1. The fraction of sp³-hybridized carbons (Fsp3) is 0.231. The number of nitrogens with one attached hydrogen (secondary N) is 2. The number of halogens is 1. The summed E-state index contributed by atoms with van der Waals surface area (Å²) in [6.07, 6.45) is 1.58. The van der Waals surface area contributed by atoms with Crippen LogP contribution in [0, 0.1) is 0 Å². The predicted molar refractivity (Wildman–Crippen MR) is 79.1 cm³/mol. The highest BCUT2D eigenvalue weighted by Crippen LogP contribution is 2.27. The second-order valence-corrected chi connectivity index (χ2v) is 4.72. The van der Waals surface area contributed by atoms with Crippen LogP contribution in [0.15, 0.2) is 35.3 Å². The third-order valence-corrected chi connectivity index (χ3v) is 3.04. The second kappa shape index (κ2) is 7.54. The molecule has 0 fully saturated rings. The van der Waals surface area contributed by atoms with Gasteiger partial charge >= 0.3 is 12.0 Å². The Labute approximate surface area is 124 Å². The summed E-state index contributed by atoms with van der Waals surface area (Å²) in [6, 6.07) is 3.37. The van der Waals surface area contributed by atoms with E-state index in [-0.39, 0.29) is 6.42 Å². The highest BCUT2D eigenvalue weighted by Gasteiger charge is 2.18. The number of carbonyl (C=O) groups excluding carboxylic acids is 1. The molecule has 0 aliphatic carbocycles. The number of urea groups is 1. The third kappa shape index (κ3) is 4.58. The minimum atomic E-state index is -1.11. The van der Waals surface area contributed by atoms with Crippen LogP contribution in [-0.4, -0.2) is 30.3 Å². The van der Waals surface area contributed by atoms with Crippen molar-refractivity contribution in [3.63, 3.8) is 0 Å². The van der Waals surface area contributed by atoms with Crippen LogP contribution in [0.4, 0.5) is 10.5 Å². The zero-order valence-corrected chi connectivity index (χ0v) is 12.4. The molecule has 1 aromatic rings. The topological polar surface area (TPSA) is 87.7 Å². The Bertz CT molecular complexity index is 519. The summed E-state index contributed by atoms with van der Waals surface area (Å²) in [5.74, 6) is -0.484. The lowest BCUT2D eigenvalue weighted by atomic mass is 10.2. The summed E-state index contributed by atoms with van der Waals surface area (Å²) in [5, 5.41) is 13.8. The number of hydrogen-bond acceptors (Lipinski definition) is 3. The summed E-state index contributed by atoms with van der Waals surface area (Å²) >= 11 is 3.29. The van der Waals surface area contributed by atoms with E-state index in [1.54, 1.807) is 18.2 Å². The van der Waals surface area contributed by atoms with Gasteiger partial charge in [-0.1, -0.05) is 6.08 Å². The first kappa shape index (κ1) is 16.0. The number of ether oxygens (including phenoxy) is 1. The molecule has 1 aromatic carbocycles. The van der Waals surface area contributed by atoms with Crippen molar-refractivity contribution in [1.29, 1.82) is 0 Å². The van der Waals surface area contributed by atoms with Crippen molar-refractivity contribution in [2.45, 2.75) is 12.5 Å². The number of aliphatic carboxylic acids is 1. The van der Waals surface area contributed by atoms with Gasteiger partial charge in [0.1, 0.15) is 11.8 Å². The molecule has 2 amide bonds. The maximum atomic E-state index is 11.7. The Morgan fingerprint density at radius 2 is 2.25 bits per heavy atom. The highest BCUT2D eigenvalue weighted by atomic mass is 79.9. The van der Waals surface area contributed by atoms with E-state index in [1.807, 2.05) is 0 Å². The average Bonchev–Trinajstić information content (AvgIpc) is 2.38. The lowest BCUT2D eigenvalue weighted by Gasteiger charge is -2.14. The van der Waals surface area contributed by atoms with Gasteiger partial charge in [0.25, 0.3) is 0 Å². The van der Waals surface area contributed by atoms with Crippen molar-refractivity contribution in [2.24, 2.45) is 0 Å². The van der Waals surface area contributed by atoms with Gasteiger partial charge in [-0.05, 0) is 40.5 Å². The van der Waals surface area contributed by atoms with E-state index in [1.165, 1.54) is 13.2 Å². The summed E-state index contributed by atoms with van der Waals surface area (Å²) in [5.41, 5.74) is 0.512. The molecule has 0 radical (unpaired) electrons. The van der Waals surface area contributed by atoms with Crippen LogP contribution in [0.25, 0.3) is 0 Å². The lowest BCUT2D eigenvalue weighted by Crippen LogP contribution is -2.42. The summed E-state index contributed by atoms with van der Waals surface area (Å²) in [4.78, 5) is 22.6. The molecule has 0 aliphatic heterocycles. The largest absolute Gasteiger partial charge is 0.496 e. The molecule has 0 aliphatic rings. The van der Waals surface area contributed by atoms with Crippen LogP contribution < -0.4 is 15.4 Å². The van der Waals surface area contributed by atoms with E-state index in [0.717, 1.165) is 0 Å². The van der Waals surface area contributed by atoms with Gasteiger partial charge in [0, 0.05) is 5.69 Å². The number of hydrogen-bond donors (Lipinski definition) is 3. The van der Waals surface area contributed by atoms with Gasteiger partial charge in [0.15, 0.2) is 0 Å². The minimum absolute atomic E-state index is 0.148. The molecule has 6 nitrogen and oxygen atoms in total. The van der Waals surface area contributed by atoms with Crippen LogP contribution in [0.5, 0.6) is 5.75 Å². The van der Waals surface area contributed by atoms with Crippen LogP contribution in [-0.2, 0) is 4.79 Å². The van der Waals surface area contributed by atoms with Crippen molar-refractivity contribution < 1.29 is 19.4 Å². The van der Waals surface area contributed by atoms with Crippen molar-refractivity contribution in [3.8, 4) is 5.75 Å². The number of rotatable bonds is 6. The summed E-state index contributed by atoms with van der Waals surface area (Å²) in [7, 11) is 1.53. The van der Waals surface area contributed by atoms with E-state index in [0.29, 0.717) is 15.9 Å². The maximum absolute atomic E-state index is 11.7. The Morgan fingerprint density at radius 1 is 1.55 bits per heavy atom. The molecule has 0 aromatic heterocycles. The SMILES string of the molecule is C=CCC(NC(=O)Nc1ccc(OC)c(Br)c1)C(=O)O. The molecule has 0 spiro atoms. The number of amides is 2. The zero-order chi connectivity index (χ0) is 15.1. The second-order valence-electron chi connectivity index (χ2n) is 3.86. The smallest absolute Gasteiger partial charge is 0.326 e. The molecule has 1 unspecified atom stereocenters. The zero-order valence-electron chi connectivity index (χ0n) is 10.9. The maximum Gasteiger partial charge on any atom is 0.326 e. The Hall–Kier alpha value is -2.02. The first-order valence-electron chi connectivity index (χ1n) is 5.72. The quantitative estimate of drug-likeness (QED) is 0.693. The van der Waals surface area contributed by atoms with Crippen molar-refractivity contribution in [3.05, 3.63) is 35.3 Å². The third-order valence-electron chi connectivity index (χ3n) is 2.42. The van der Waals surface area contributed by atoms with E-state index in [2.05, 4.69) is 33.1 Å². The fourth-order valence-corrected chi connectivity index (χ4v) is 2.00. The van der Waals surface area contributed by atoms with Crippen molar-refractivity contribution in [2.75, 3.05) is 12.4 Å². The molecule has 7 heteroatoms. The Balaban J connectivity index is 2.68. The standard InChI is InChI=1S/C13H15BrN2O4/c1-3-4-10(12(17)18)16-13(19)15-8-5-6-11(20-2)9(14)7-8/h3,5-7,10H,1,4H2,2H3,(H,17,18)(H2,15,16,19). The first-order chi connectivity index (χ1) is 9.47. The van der Waals surface area contributed by atoms with Gasteiger partial charge in [-0.25, -0.2) is 9.59 Å². The van der Waals surface area contributed by atoms with E-state index in [4.69, 9.17) is 9.84 Å². The van der Waals surface area contributed by atoms with Crippen LogP contribution in [0.1, 0.15) is 6.42 Å². The molecular formula is C13H15BrN2O4. The van der Waals surface area contributed by atoms with Gasteiger partial charge in [0.2, 0.25) is 0 Å². The number of carbonyl (C=O) groups is 2. The normalized spacial score (nSPS) is 11.3. The monoisotopic (exact) mass is 342 g/mol. The van der Waals surface area contributed by atoms with E-state index in [9.17, 15) is 9.59 Å². The van der Waals surface area contributed by atoms with Crippen molar-refractivity contribution >= 4 is 33.6 Å². The molecule has 0 heterocycles. The van der Waals surface area contributed by atoms with Crippen LogP contribution >= 0.6 is 15.9 Å². The number of methoxy groups -OCH3 is 1.